The Labute approximate surface area is 94.1 Å². The Kier molecular flexibility index (Phi) is 3.80. The molecule has 15 heavy (non-hydrogen) atoms. The number of β-amino-alcohol motifs (C(OH)–C–C–N with tert-alkyl or cyclic N) is 1. The van der Waals surface area contributed by atoms with Gasteiger partial charge in [0.2, 0.25) is 0 Å². The Balaban J connectivity index is 2.81. The fourth-order valence-corrected chi connectivity index (χ4v) is 2.31. The van der Waals surface area contributed by atoms with E-state index in [1.54, 1.807) is 0 Å². The van der Waals surface area contributed by atoms with Gasteiger partial charge in [-0.1, -0.05) is 6.92 Å². The monoisotopic (exact) mass is 214 g/mol. The van der Waals surface area contributed by atoms with Crippen LogP contribution in [0.4, 0.5) is 0 Å². The molecule has 0 bridgehead atoms. The molecule has 0 radical (unpaired) electrons. The van der Waals surface area contributed by atoms with Crippen LogP contribution in [-0.4, -0.2) is 59.8 Å². The summed E-state index contributed by atoms with van der Waals surface area (Å²) >= 11 is 0. The number of likely N-dealkylation sites (N-methyl/N-ethyl adjacent to an activating group) is 2. The van der Waals surface area contributed by atoms with Crippen molar-refractivity contribution >= 4 is 0 Å². The quantitative estimate of drug-likeness (QED) is 0.764. The number of piperidine rings is 1. The molecule has 1 heterocycles. The van der Waals surface area contributed by atoms with Crippen molar-refractivity contribution in [3.8, 4) is 0 Å². The molecular formula is C12H26N2O. The van der Waals surface area contributed by atoms with Crippen LogP contribution in [0.5, 0.6) is 0 Å². The third-order valence-corrected chi connectivity index (χ3v) is 4.25. The lowest BCUT2D eigenvalue weighted by Gasteiger charge is -2.51. The first kappa shape index (κ1) is 12.9. The van der Waals surface area contributed by atoms with Crippen molar-refractivity contribution < 1.29 is 5.11 Å². The van der Waals surface area contributed by atoms with Crippen molar-refractivity contribution in [2.75, 3.05) is 33.7 Å². The van der Waals surface area contributed by atoms with Crippen LogP contribution in [0.15, 0.2) is 0 Å². The molecule has 0 unspecified atom stereocenters. The summed E-state index contributed by atoms with van der Waals surface area (Å²) in [6, 6.07) is 0. The van der Waals surface area contributed by atoms with E-state index in [0.29, 0.717) is 0 Å². The molecular weight excluding hydrogens is 188 g/mol. The molecule has 0 saturated carbocycles. The highest BCUT2D eigenvalue weighted by molar-refractivity contribution is 5.03. The van der Waals surface area contributed by atoms with E-state index in [9.17, 15) is 5.11 Å². The van der Waals surface area contributed by atoms with Crippen molar-refractivity contribution in [3.05, 3.63) is 0 Å². The zero-order valence-electron chi connectivity index (χ0n) is 10.9. The van der Waals surface area contributed by atoms with Crippen molar-refractivity contribution in [2.45, 2.75) is 44.8 Å². The first-order valence-corrected chi connectivity index (χ1v) is 5.95. The highest BCUT2D eigenvalue weighted by Gasteiger charge is 2.47. The zero-order valence-corrected chi connectivity index (χ0v) is 10.9. The smallest absolute Gasteiger partial charge is 0.0951 e. The molecule has 0 aliphatic carbocycles. The third kappa shape index (κ3) is 2.35. The second-order valence-electron chi connectivity index (χ2n) is 5.46. The van der Waals surface area contributed by atoms with Gasteiger partial charge in [-0.15, -0.1) is 0 Å². The molecule has 3 heteroatoms. The minimum atomic E-state index is -0.579. The fourth-order valence-electron chi connectivity index (χ4n) is 2.31. The lowest BCUT2D eigenvalue weighted by molar-refractivity contribution is -0.120. The summed E-state index contributed by atoms with van der Waals surface area (Å²) in [5, 5.41) is 10.8. The van der Waals surface area contributed by atoms with Gasteiger partial charge in [0.25, 0.3) is 0 Å². The third-order valence-electron chi connectivity index (χ3n) is 4.25. The van der Waals surface area contributed by atoms with E-state index in [4.69, 9.17) is 0 Å². The average molecular weight is 214 g/mol. The predicted octanol–water partition coefficient (Wildman–Crippen LogP) is 1.17. The van der Waals surface area contributed by atoms with Gasteiger partial charge in [0.1, 0.15) is 0 Å². The van der Waals surface area contributed by atoms with E-state index in [2.05, 4.69) is 30.6 Å². The standard InChI is InChI=1S/C12H26N2O/c1-6-14-9-7-8-12(15,10-14)11(2,3)13(4)5/h15H,6-10H2,1-5H3/t12-/m1/s1. The van der Waals surface area contributed by atoms with E-state index in [1.165, 1.54) is 0 Å². The van der Waals surface area contributed by atoms with Gasteiger partial charge in [-0.25, -0.2) is 0 Å². The summed E-state index contributed by atoms with van der Waals surface area (Å²) in [7, 11) is 4.09. The van der Waals surface area contributed by atoms with E-state index in [1.807, 2.05) is 14.1 Å². The molecule has 1 atom stereocenters. The number of hydrogen-bond acceptors (Lipinski definition) is 3. The molecule has 0 amide bonds. The average Bonchev–Trinajstić information content (AvgIpc) is 2.17. The van der Waals surface area contributed by atoms with Crippen LogP contribution in [0.25, 0.3) is 0 Å². The summed E-state index contributed by atoms with van der Waals surface area (Å²) < 4.78 is 0. The number of nitrogens with zero attached hydrogens (tertiary/aromatic N) is 2. The predicted molar refractivity (Wildman–Crippen MR) is 64.1 cm³/mol. The molecule has 3 nitrogen and oxygen atoms in total. The maximum atomic E-state index is 10.8. The molecule has 1 N–H and O–H groups in total. The van der Waals surface area contributed by atoms with Crippen LogP contribution >= 0.6 is 0 Å². The molecule has 1 aliphatic heterocycles. The Bertz CT molecular complexity index is 216. The van der Waals surface area contributed by atoms with Crippen LogP contribution in [-0.2, 0) is 0 Å². The van der Waals surface area contributed by atoms with Gasteiger partial charge in [0, 0.05) is 12.1 Å². The Hall–Kier alpha value is -0.120. The minimum absolute atomic E-state index is 0.166. The molecule has 90 valence electrons. The van der Waals surface area contributed by atoms with Gasteiger partial charge >= 0.3 is 0 Å². The Morgan fingerprint density at radius 2 is 2.00 bits per heavy atom. The van der Waals surface area contributed by atoms with Gasteiger partial charge < -0.3 is 14.9 Å². The van der Waals surface area contributed by atoms with Crippen molar-refractivity contribution in [1.29, 1.82) is 0 Å². The molecule has 1 aliphatic rings. The van der Waals surface area contributed by atoms with Gasteiger partial charge in [-0.05, 0) is 53.9 Å². The Morgan fingerprint density at radius 1 is 1.40 bits per heavy atom. The maximum absolute atomic E-state index is 10.8. The van der Waals surface area contributed by atoms with E-state index < -0.39 is 5.60 Å². The van der Waals surface area contributed by atoms with Gasteiger partial charge in [0.05, 0.1) is 5.60 Å². The summed E-state index contributed by atoms with van der Waals surface area (Å²) in [4.78, 5) is 4.47. The fraction of sp³-hybridized carbons (Fsp3) is 1.00. The first-order valence-electron chi connectivity index (χ1n) is 5.95. The lowest BCUT2D eigenvalue weighted by atomic mass is 9.76. The summed E-state index contributed by atoms with van der Waals surface area (Å²) in [5.41, 5.74) is -0.744. The number of aliphatic hydroxyl groups is 1. The second-order valence-corrected chi connectivity index (χ2v) is 5.46. The second kappa shape index (κ2) is 4.40. The molecule has 1 saturated heterocycles. The van der Waals surface area contributed by atoms with E-state index >= 15 is 0 Å². The van der Waals surface area contributed by atoms with Crippen LogP contribution < -0.4 is 0 Å². The molecule has 0 aromatic heterocycles. The van der Waals surface area contributed by atoms with Crippen LogP contribution in [0.2, 0.25) is 0 Å². The van der Waals surface area contributed by atoms with Gasteiger partial charge in [0.15, 0.2) is 0 Å². The molecule has 0 aromatic carbocycles. The molecule has 0 spiro atoms. The number of rotatable bonds is 3. The highest BCUT2D eigenvalue weighted by atomic mass is 16.3. The molecule has 0 aromatic rings. The minimum Gasteiger partial charge on any atom is -0.387 e. The van der Waals surface area contributed by atoms with Crippen LogP contribution in [0.3, 0.4) is 0 Å². The van der Waals surface area contributed by atoms with Crippen LogP contribution in [0, 0.1) is 0 Å². The van der Waals surface area contributed by atoms with E-state index in [0.717, 1.165) is 32.5 Å². The van der Waals surface area contributed by atoms with Crippen molar-refractivity contribution in [2.24, 2.45) is 0 Å². The van der Waals surface area contributed by atoms with Gasteiger partial charge in [-0.2, -0.15) is 0 Å². The van der Waals surface area contributed by atoms with E-state index in [-0.39, 0.29) is 5.54 Å². The lowest BCUT2D eigenvalue weighted by Crippen LogP contribution is -2.65. The van der Waals surface area contributed by atoms with Crippen molar-refractivity contribution in [1.82, 2.24) is 9.80 Å². The largest absolute Gasteiger partial charge is 0.387 e. The summed E-state index contributed by atoms with van der Waals surface area (Å²) in [6.45, 7) is 9.38. The maximum Gasteiger partial charge on any atom is 0.0951 e. The highest BCUT2D eigenvalue weighted by Crippen LogP contribution is 2.34. The summed E-state index contributed by atoms with van der Waals surface area (Å²) in [6.07, 6.45) is 2.01. The van der Waals surface area contributed by atoms with Crippen LogP contribution in [0.1, 0.15) is 33.6 Å². The Morgan fingerprint density at radius 3 is 2.47 bits per heavy atom. The zero-order chi connectivity index (χ0) is 11.7. The topological polar surface area (TPSA) is 26.7 Å². The summed E-state index contributed by atoms with van der Waals surface area (Å²) in [5.74, 6) is 0. The molecule has 1 fully saturated rings. The number of likely N-dealkylation sites (tertiary alicyclic amines) is 1. The normalized spacial score (nSPS) is 29.8. The number of hydrogen-bond donors (Lipinski definition) is 1. The van der Waals surface area contributed by atoms with Gasteiger partial charge in [-0.3, -0.25) is 0 Å². The first-order chi connectivity index (χ1) is 6.83. The SMILES string of the molecule is CCN1CCC[C@](O)(C(C)(C)N(C)C)C1. The van der Waals surface area contributed by atoms with Crippen molar-refractivity contribution in [3.63, 3.8) is 0 Å². The molecule has 1 rings (SSSR count).